The number of rotatable bonds is 3. The van der Waals surface area contributed by atoms with Crippen molar-refractivity contribution in [2.24, 2.45) is 0 Å². The molecule has 1 saturated heterocycles. The van der Waals surface area contributed by atoms with Crippen molar-refractivity contribution >= 4 is 17.5 Å². The predicted molar refractivity (Wildman–Crippen MR) is 82.1 cm³/mol. The van der Waals surface area contributed by atoms with Crippen LogP contribution in [0.2, 0.25) is 0 Å². The zero-order valence-electron chi connectivity index (χ0n) is 12.7. The molecule has 21 heavy (non-hydrogen) atoms. The predicted octanol–water partition coefficient (Wildman–Crippen LogP) is 2.79. The third-order valence-electron chi connectivity index (χ3n) is 4.58. The summed E-state index contributed by atoms with van der Waals surface area (Å²) in [5, 5.41) is 3.26. The molecule has 112 valence electrons. The highest BCUT2D eigenvalue weighted by molar-refractivity contribution is 6.07. The molecule has 1 aromatic rings. The summed E-state index contributed by atoms with van der Waals surface area (Å²) in [4.78, 5) is 26.2. The molecular weight excluding hydrogens is 264 g/mol. The van der Waals surface area contributed by atoms with Crippen LogP contribution in [0.5, 0.6) is 0 Å². The molecule has 1 N–H and O–H groups in total. The first-order chi connectivity index (χ1) is 10.1. The van der Waals surface area contributed by atoms with Crippen LogP contribution in [0.15, 0.2) is 18.2 Å². The van der Waals surface area contributed by atoms with Crippen LogP contribution in [0.3, 0.4) is 0 Å². The second kappa shape index (κ2) is 5.51. The van der Waals surface area contributed by atoms with E-state index in [2.05, 4.69) is 11.4 Å². The number of likely N-dealkylation sites (tertiary alicyclic amines) is 1. The van der Waals surface area contributed by atoms with E-state index in [-0.39, 0.29) is 24.3 Å². The van der Waals surface area contributed by atoms with Gasteiger partial charge >= 0.3 is 0 Å². The molecule has 0 spiro atoms. The number of aryl methyl sites for hydroxylation is 2. The molecule has 4 nitrogen and oxygen atoms in total. The average Bonchev–Trinajstić information content (AvgIpc) is 3.02. The van der Waals surface area contributed by atoms with Gasteiger partial charge in [0.25, 0.3) is 5.91 Å². The lowest BCUT2D eigenvalue weighted by Gasteiger charge is -2.22. The Morgan fingerprint density at radius 3 is 2.52 bits per heavy atom. The first-order valence-electron chi connectivity index (χ1n) is 7.76. The molecule has 2 amide bonds. The molecule has 3 rings (SSSR count). The minimum absolute atomic E-state index is 0.0193. The van der Waals surface area contributed by atoms with Crippen LogP contribution < -0.4 is 5.32 Å². The molecule has 1 aliphatic heterocycles. The zero-order valence-corrected chi connectivity index (χ0v) is 12.7. The van der Waals surface area contributed by atoms with Crippen LogP contribution in [0.1, 0.15) is 43.2 Å². The van der Waals surface area contributed by atoms with Gasteiger partial charge in [-0.15, -0.1) is 0 Å². The number of nitrogens with one attached hydrogen (secondary N) is 1. The highest BCUT2D eigenvalue weighted by Crippen LogP contribution is 2.29. The molecule has 1 aromatic carbocycles. The zero-order chi connectivity index (χ0) is 15.0. The molecule has 1 heterocycles. The molecular formula is C17H22N2O2. The topological polar surface area (TPSA) is 49.4 Å². The molecule has 0 aromatic heterocycles. The lowest BCUT2D eigenvalue weighted by molar-refractivity contribution is -0.141. The van der Waals surface area contributed by atoms with Crippen LogP contribution in [0, 0.1) is 13.8 Å². The normalized spacial score (nSPS) is 23.1. The summed E-state index contributed by atoms with van der Waals surface area (Å²) >= 11 is 0. The van der Waals surface area contributed by atoms with E-state index in [9.17, 15) is 9.59 Å². The van der Waals surface area contributed by atoms with Crippen molar-refractivity contribution in [3.63, 3.8) is 0 Å². The summed E-state index contributed by atoms with van der Waals surface area (Å²) in [5.74, 6) is -0.0685. The van der Waals surface area contributed by atoms with Gasteiger partial charge in [-0.25, -0.2) is 0 Å². The molecule has 2 fully saturated rings. The second-order valence-electron chi connectivity index (χ2n) is 6.26. The SMILES string of the molecule is Cc1ccc(NC2CC(=O)N(C3CCCC3)C2=O)c(C)c1. The van der Waals surface area contributed by atoms with E-state index in [1.165, 1.54) is 10.5 Å². The van der Waals surface area contributed by atoms with Gasteiger partial charge in [0.2, 0.25) is 5.91 Å². The van der Waals surface area contributed by atoms with Gasteiger partial charge in [-0.2, -0.15) is 0 Å². The van der Waals surface area contributed by atoms with Crippen molar-refractivity contribution in [2.45, 2.75) is 58.0 Å². The van der Waals surface area contributed by atoms with E-state index in [1.807, 2.05) is 26.0 Å². The molecule has 1 aliphatic carbocycles. The fourth-order valence-electron chi connectivity index (χ4n) is 3.47. The van der Waals surface area contributed by atoms with Gasteiger partial charge in [-0.05, 0) is 38.3 Å². The number of carbonyl (C=O) groups is 2. The third-order valence-corrected chi connectivity index (χ3v) is 4.58. The maximum Gasteiger partial charge on any atom is 0.252 e. The molecule has 1 saturated carbocycles. The van der Waals surface area contributed by atoms with Crippen LogP contribution in [0.25, 0.3) is 0 Å². The quantitative estimate of drug-likeness (QED) is 0.869. The Balaban J connectivity index is 1.75. The summed E-state index contributed by atoms with van der Waals surface area (Å²) in [6, 6.07) is 5.82. The minimum atomic E-state index is -0.403. The van der Waals surface area contributed by atoms with Gasteiger partial charge in [0, 0.05) is 11.7 Å². The number of hydrogen-bond acceptors (Lipinski definition) is 3. The Morgan fingerprint density at radius 2 is 1.86 bits per heavy atom. The minimum Gasteiger partial charge on any atom is -0.373 e. The Morgan fingerprint density at radius 1 is 1.14 bits per heavy atom. The molecule has 0 bridgehead atoms. The second-order valence-corrected chi connectivity index (χ2v) is 6.26. The van der Waals surface area contributed by atoms with E-state index in [0.717, 1.165) is 36.9 Å². The fraction of sp³-hybridized carbons (Fsp3) is 0.529. The number of hydrogen-bond donors (Lipinski definition) is 1. The monoisotopic (exact) mass is 286 g/mol. The molecule has 0 radical (unpaired) electrons. The van der Waals surface area contributed by atoms with E-state index in [4.69, 9.17) is 0 Å². The van der Waals surface area contributed by atoms with Crippen molar-refractivity contribution in [2.75, 3.05) is 5.32 Å². The standard InChI is InChI=1S/C17H22N2O2/c1-11-7-8-14(12(2)9-11)18-15-10-16(20)19(17(15)21)13-5-3-4-6-13/h7-9,13,15,18H,3-6,10H2,1-2H3. The lowest BCUT2D eigenvalue weighted by Crippen LogP contribution is -2.41. The van der Waals surface area contributed by atoms with Gasteiger partial charge in [0.1, 0.15) is 6.04 Å². The summed E-state index contributed by atoms with van der Waals surface area (Å²) in [6.07, 6.45) is 4.46. The molecule has 2 aliphatic rings. The van der Waals surface area contributed by atoms with Crippen molar-refractivity contribution in [3.8, 4) is 0 Å². The van der Waals surface area contributed by atoms with Gasteiger partial charge < -0.3 is 5.32 Å². The van der Waals surface area contributed by atoms with Crippen LogP contribution in [-0.4, -0.2) is 28.8 Å². The van der Waals surface area contributed by atoms with Gasteiger partial charge in [-0.3, -0.25) is 14.5 Å². The number of benzene rings is 1. The van der Waals surface area contributed by atoms with Crippen LogP contribution in [0.4, 0.5) is 5.69 Å². The first kappa shape index (κ1) is 14.1. The van der Waals surface area contributed by atoms with Gasteiger partial charge in [-0.1, -0.05) is 30.5 Å². The highest BCUT2D eigenvalue weighted by atomic mass is 16.2. The first-order valence-corrected chi connectivity index (χ1v) is 7.76. The van der Waals surface area contributed by atoms with Crippen molar-refractivity contribution in [1.29, 1.82) is 0 Å². The number of carbonyl (C=O) groups excluding carboxylic acids is 2. The van der Waals surface area contributed by atoms with Gasteiger partial charge in [0.05, 0.1) is 6.42 Å². The van der Waals surface area contributed by atoms with E-state index < -0.39 is 6.04 Å². The highest BCUT2D eigenvalue weighted by Gasteiger charge is 2.43. The number of amides is 2. The van der Waals surface area contributed by atoms with E-state index in [1.54, 1.807) is 0 Å². The van der Waals surface area contributed by atoms with Crippen molar-refractivity contribution in [1.82, 2.24) is 4.90 Å². The Kier molecular flexibility index (Phi) is 3.70. The number of anilines is 1. The largest absolute Gasteiger partial charge is 0.373 e. The summed E-state index contributed by atoms with van der Waals surface area (Å²) in [7, 11) is 0. The maximum absolute atomic E-state index is 12.5. The van der Waals surface area contributed by atoms with Crippen molar-refractivity contribution in [3.05, 3.63) is 29.3 Å². The molecule has 1 atom stereocenters. The van der Waals surface area contributed by atoms with Crippen LogP contribution in [-0.2, 0) is 9.59 Å². The summed E-state index contributed by atoms with van der Waals surface area (Å²) < 4.78 is 0. The molecule has 1 unspecified atom stereocenters. The Hall–Kier alpha value is -1.84. The fourth-order valence-corrected chi connectivity index (χ4v) is 3.47. The number of imide groups is 1. The maximum atomic E-state index is 12.5. The van der Waals surface area contributed by atoms with Gasteiger partial charge in [0.15, 0.2) is 0 Å². The van der Waals surface area contributed by atoms with E-state index in [0.29, 0.717) is 0 Å². The Bertz CT molecular complexity index is 576. The smallest absolute Gasteiger partial charge is 0.252 e. The van der Waals surface area contributed by atoms with E-state index >= 15 is 0 Å². The summed E-state index contributed by atoms with van der Waals surface area (Å²) in [6.45, 7) is 4.06. The molecule has 4 heteroatoms. The van der Waals surface area contributed by atoms with Crippen molar-refractivity contribution < 1.29 is 9.59 Å². The average molecular weight is 286 g/mol. The third kappa shape index (κ3) is 2.67. The summed E-state index contributed by atoms with van der Waals surface area (Å²) in [5.41, 5.74) is 3.24. The Labute approximate surface area is 125 Å². The lowest BCUT2D eigenvalue weighted by atomic mass is 10.1. The van der Waals surface area contributed by atoms with Crippen LogP contribution >= 0.6 is 0 Å². The number of nitrogens with zero attached hydrogens (tertiary/aromatic N) is 1.